The van der Waals surface area contributed by atoms with Crippen molar-refractivity contribution in [3.63, 3.8) is 0 Å². The number of aromatic nitrogens is 1. The molecule has 0 amide bonds. The van der Waals surface area contributed by atoms with Crippen LogP contribution >= 0.6 is 47.8 Å². The standard InChI is InChI=1S/C9H13ClN2S.2ClH/c10-8-6-12-9(13-8)5-7-1-3-11-4-2-7;;/h6-7,11H,1-5H2;2*1H. The first kappa shape index (κ1) is 15.5. The van der Waals surface area contributed by atoms with Crippen LogP contribution in [0.2, 0.25) is 4.34 Å². The van der Waals surface area contributed by atoms with Crippen molar-refractivity contribution in [1.82, 2.24) is 10.3 Å². The zero-order valence-electron chi connectivity index (χ0n) is 8.24. The van der Waals surface area contributed by atoms with Crippen molar-refractivity contribution in [2.75, 3.05) is 13.1 Å². The Hall–Kier alpha value is 0.460. The van der Waals surface area contributed by atoms with Crippen LogP contribution in [0, 0.1) is 5.92 Å². The highest BCUT2D eigenvalue weighted by Crippen LogP contribution is 2.23. The molecule has 88 valence electrons. The number of hydrogen-bond donors (Lipinski definition) is 1. The maximum absolute atomic E-state index is 5.82. The van der Waals surface area contributed by atoms with Gasteiger partial charge in [-0.2, -0.15) is 0 Å². The minimum atomic E-state index is 0. The van der Waals surface area contributed by atoms with E-state index in [1.165, 1.54) is 17.8 Å². The average Bonchev–Trinajstić information content (AvgIpc) is 2.53. The lowest BCUT2D eigenvalue weighted by atomic mass is 9.95. The van der Waals surface area contributed by atoms with Gasteiger partial charge in [-0.1, -0.05) is 11.6 Å². The molecule has 1 N–H and O–H groups in total. The lowest BCUT2D eigenvalue weighted by molar-refractivity contribution is 0.372. The molecule has 0 aliphatic carbocycles. The normalized spacial score (nSPS) is 16.6. The highest BCUT2D eigenvalue weighted by molar-refractivity contribution is 7.15. The molecular weight excluding hydrogens is 275 g/mol. The Labute approximate surface area is 112 Å². The summed E-state index contributed by atoms with van der Waals surface area (Å²) in [5.74, 6) is 0.809. The number of thiazole rings is 1. The Morgan fingerprint density at radius 2 is 2.07 bits per heavy atom. The van der Waals surface area contributed by atoms with Gasteiger partial charge in [0.05, 0.1) is 11.2 Å². The maximum atomic E-state index is 5.82. The van der Waals surface area contributed by atoms with E-state index in [1.807, 2.05) is 0 Å². The Balaban J connectivity index is 0.000000980. The topological polar surface area (TPSA) is 24.9 Å². The van der Waals surface area contributed by atoms with Crippen LogP contribution < -0.4 is 5.32 Å². The van der Waals surface area contributed by atoms with E-state index in [0.29, 0.717) is 0 Å². The fourth-order valence-electron chi connectivity index (χ4n) is 1.72. The third kappa shape index (κ3) is 4.87. The van der Waals surface area contributed by atoms with E-state index in [-0.39, 0.29) is 24.8 Å². The van der Waals surface area contributed by atoms with Crippen molar-refractivity contribution < 1.29 is 0 Å². The third-order valence-electron chi connectivity index (χ3n) is 2.45. The number of nitrogens with zero attached hydrogens (tertiary/aromatic N) is 1. The van der Waals surface area contributed by atoms with Gasteiger partial charge in [-0.15, -0.1) is 36.2 Å². The van der Waals surface area contributed by atoms with Crippen LogP contribution in [0.4, 0.5) is 0 Å². The SMILES string of the molecule is Cl.Cl.Clc1cnc(CC2CCNCC2)s1. The first-order chi connectivity index (χ1) is 6.34. The lowest BCUT2D eigenvalue weighted by Crippen LogP contribution is -2.28. The molecule has 0 unspecified atom stereocenters. The molecule has 0 aromatic carbocycles. The predicted octanol–water partition coefficient (Wildman–Crippen LogP) is 3.18. The highest BCUT2D eigenvalue weighted by Gasteiger charge is 2.14. The van der Waals surface area contributed by atoms with Gasteiger partial charge in [0.1, 0.15) is 4.34 Å². The molecule has 1 fully saturated rings. The number of piperidine rings is 1. The quantitative estimate of drug-likeness (QED) is 0.904. The van der Waals surface area contributed by atoms with Gasteiger partial charge in [0.2, 0.25) is 0 Å². The summed E-state index contributed by atoms with van der Waals surface area (Å²) in [5.41, 5.74) is 0. The molecule has 15 heavy (non-hydrogen) atoms. The third-order valence-corrected chi connectivity index (χ3v) is 3.58. The second kappa shape index (κ2) is 7.69. The Morgan fingerprint density at radius 1 is 1.40 bits per heavy atom. The van der Waals surface area contributed by atoms with Gasteiger partial charge in [0.25, 0.3) is 0 Å². The summed E-state index contributed by atoms with van der Waals surface area (Å²) in [7, 11) is 0. The van der Waals surface area contributed by atoms with Crippen LogP contribution in [0.25, 0.3) is 0 Å². The molecule has 0 saturated carbocycles. The van der Waals surface area contributed by atoms with E-state index >= 15 is 0 Å². The van der Waals surface area contributed by atoms with E-state index in [2.05, 4.69) is 10.3 Å². The van der Waals surface area contributed by atoms with Crippen LogP contribution in [0.1, 0.15) is 17.8 Å². The Bertz CT molecular complexity index is 274. The molecule has 0 spiro atoms. The summed E-state index contributed by atoms with van der Waals surface area (Å²) in [4.78, 5) is 4.28. The fourth-order valence-corrected chi connectivity index (χ4v) is 2.79. The minimum absolute atomic E-state index is 0. The fraction of sp³-hybridized carbons (Fsp3) is 0.667. The van der Waals surface area contributed by atoms with Crippen molar-refractivity contribution >= 4 is 47.8 Å². The summed E-state index contributed by atoms with van der Waals surface area (Å²) in [6.07, 6.45) is 5.41. The lowest BCUT2D eigenvalue weighted by Gasteiger charge is -2.21. The molecule has 1 aliphatic heterocycles. The van der Waals surface area contributed by atoms with Crippen molar-refractivity contribution in [3.05, 3.63) is 15.5 Å². The maximum Gasteiger partial charge on any atom is 0.113 e. The Kier molecular flexibility index (Phi) is 7.92. The van der Waals surface area contributed by atoms with Crippen LogP contribution in [0.15, 0.2) is 6.20 Å². The molecule has 2 heterocycles. The summed E-state index contributed by atoms with van der Waals surface area (Å²) in [6, 6.07) is 0. The van der Waals surface area contributed by atoms with Crippen LogP contribution in [-0.4, -0.2) is 18.1 Å². The van der Waals surface area contributed by atoms with Gasteiger partial charge >= 0.3 is 0 Å². The molecule has 0 atom stereocenters. The van der Waals surface area contributed by atoms with Gasteiger partial charge in [-0.25, -0.2) is 4.98 Å². The zero-order valence-corrected chi connectivity index (χ0v) is 11.4. The van der Waals surface area contributed by atoms with Crippen LogP contribution in [0.5, 0.6) is 0 Å². The molecule has 1 aromatic rings. The number of rotatable bonds is 2. The van der Waals surface area contributed by atoms with Gasteiger partial charge in [0, 0.05) is 6.42 Å². The van der Waals surface area contributed by atoms with E-state index in [1.54, 1.807) is 17.5 Å². The predicted molar refractivity (Wildman–Crippen MR) is 70.9 cm³/mol. The molecule has 1 aliphatic rings. The molecule has 0 bridgehead atoms. The van der Waals surface area contributed by atoms with Crippen LogP contribution in [-0.2, 0) is 6.42 Å². The Morgan fingerprint density at radius 3 is 2.60 bits per heavy atom. The average molecular weight is 290 g/mol. The summed E-state index contributed by atoms with van der Waals surface area (Å²) < 4.78 is 0.809. The zero-order chi connectivity index (χ0) is 9.10. The van der Waals surface area contributed by atoms with Crippen molar-refractivity contribution in [2.45, 2.75) is 19.3 Å². The van der Waals surface area contributed by atoms with E-state index in [4.69, 9.17) is 11.6 Å². The van der Waals surface area contributed by atoms with Crippen molar-refractivity contribution in [3.8, 4) is 0 Å². The van der Waals surface area contributed by atoms with Crippen LogP contribution in [0.3, 0.4) is 0 Å². The minimum Gasteiger partial charge on any atom is -0.317 e. The second-order valence-electron chi connectivity index (χ2n) is 3.46. The van der Waals surface area contributed by atoms with Gasteiger partial charge < -0.3 is 5.32 Å². The van der Waals surface area contributed by atoms with Crippen molar-refractivity contribution in [1.29, 1.82) is 0 Å². The monoisotopic (exact) mass is 288 g/mol. The number of halogens is 3. The van der Waals surface area contributed by atoms with Gasteiger partial charge in [-0.05, 0) is 31.8 Å². The van der Waals surface area contributed by atoms with Gasteiger partial charge in [0.15, 0.2) is 0 Å². The molecule has 0 radical (unpaired) electrons. The molecule has 6 heteroatoms. The molecule has 2 rings (SSSR count). The molecular formula is C9H15Cl3N2S. The highest BCUT2D eigenvalue weighted by atomic mass is 35.5. The number of hydrogen-bond acceptors (Lipinski definition) is 3. The second-order valence-corrected chi connectivity index (χ2v) is 5.20. The smallest absolute Gasteiger partial charge is 0.113 e. The molecule has 1 saturated heterocycles. The molecule has 1 aromatic heterocycles. The summed E-state index contributed by atoms with van der Waals surface area (Å²) in [5, 5.41) is 4.55. The summed E-state index contributed by atoms with van der Waals surface area (Å²) >= 11 is 7.44. The number of nitrogens with one attached hydrogen (secondary N) is 1. The van der Waals surface area contributed by atoms with E-state index < -0.39 is 0 Å². The summed E-state index contributed by atoms with van der Waals surface area (Å²) in [6.45, 7) is 2.31. The largest absolute Gasteiger partial charge is 0.317 e. The molecule has 2 nitrogen and oxygen atoms in total. The van der Waals surface area contributed by atoms with E-state index in [0.717, 1.165) is 29.8 Å². The first-order valence-corrected chi connectivity index (χ1v) is 5.85. The van der Waals surface area contributed by atoms with Gasteiger partial charge in [-0.3, -0.25) is 0 Å². The van der Waals surface area contributed by atoms with E-state index in [9.17, 15) is 0 Å². The first-order valence-electron chi connectivity index (χ1n) is 4.65. The van der Waals surface area contributed by atoms with Crippen molar-refractivity contribution in [2.24, 2.45) is 5.92 Å².